The molecule has 4 rings (SSSR count). The van der Waals surface area contributed by atoms with Crippen LogP contribution in [0.4, 0.5) is 11.4 Å². The fraction of sp³-hybridized carbons (Fsp3) is 0.192. The largest absolute Gasteiger partial charge is 0.508 e. The van der Waals surface area contributed by atoms with Crippen LogP contribution < -0.4 is 5.32 Å². The van der Waals surface area contributed by atoms with Crippen LogP contribution >= 0.6 is 0 Å². The van der Waals surface area contributed by atoms with Gasteiger partial charge in [0.1, 0.15) is 11.7 Å². The number of aromatic hydroxyl groups is 1. The number of nitrogens with zero attached hydrogens (tertiary/aromatic N) is 2. The number of rotatable bonds is 6. The van der Waals surface area contributed by atoms with Gasteiger partial charge in [-0.25, -0.2) is 4.79 Å². The SMILES string of the molecule is COC(=O)c1ccc2c(c1)NC(=O)C2C(=Nc1ccc(CN(C)C)c(O)c1)c1ccccc1. The van der Waals surface area contributed by atoms with Gasteiger partial charge in [-0.15, -0.1) is 0 Å². The number of phenols is 1. The van der Waals surface area contributed by atoms with Crippen molar-refractivity contribution >= 4 is 29.0 Å². The molecule has 0 saturated heterocycles. The van der Waals surface area contributed by atoms with E-state index in [0.717, 1.165) is 16.7 Å². The first-order chi connectivity index (χ1) is 15.9. The van der Waals surface area contributed by atoms with Crippen LogP contribution in [-0.2, 0) is 16.1 Å². The van der Waals surface area contributed by atoms with E-state index in [2.05, 4.69) is 5.32 Å². The molecule has 2 N–H and O–H groups in total. The number of phenolic OH excluding ortho intramolecular Hbond substituents is 1. The quantitative estimate of drug-likeness (QED) is 0.442. The molecule has 1 amide bonds. The first kappa shape index (κ1) is 22.2. The second kappa shape index (κ2) is 9.26. The smallest absolute Gasteiger partial charge is 0.337 e. The van der Waals surface area contributed by atoms with Gasteiger partial charge in [-0.1, -0.05) is 42.5 Å². The Morgan fingerprint density at radius 1 is 1.06 bits per heavy atom. The topological polar surface area (TPSA) is 91.2 Å². The van der Waals surface area contributed by atoms with E-state index in [1.165, 1.54) is 7.11 Å². The summed E-state index contributed by atoms with van der Waals surface area (Å²) >= 11 is 0. The lowest BCUT2D eigenvalue weighted by atomic mass is 9.90. The van der Waals surface area contributed by atoms with Crippen LogP contribution in [0.15, 0.2) is 71.7 Å². The lowest BCUT2D eigenvalue weighted by Gasteiger charge is -2.15. The van der Waals surface area contributed by atoms with Crippen molar-refractivity contribution in [2.24, 2.45) is 4.99 Å². The molecule has 0 aliphatic carbocycles. The van der Waals surface area contributed by atoms with Crippen molar-refractivity contribution in [2.75, 3.05) is 26.5 Å². The Labute approximate surface area is 192 Å². The molecule has 0 aromatic heterocycles. The van der Waals surface area contributed by atoms with E-state index in [1.54, 1.807) is 24.3 Å². The van der Waals surface area contributed by atoms with Gasteiger partial charge in [0.2, 0.25) is 5.91 Å². The van der Waals surface area contributed by atoms with Gasteiger partial charge in [0, 0.05) is 23.9 Å². The maximum atomic E-state index is 13.1. The number of benzene rings is 3. The maximum Gasteiger partial charge on any atom is 0.337 e. The maximum absolute atomic E-state index is 13.1. The van der Waals surface area contributed by atoms with Gasteiger partial charge in [-0.2, -0.15) is 0 Å². The van der Waals surface area contributed by atoms with Crippen molar-refractivity contribution in [3.05, 3.63) is 89.0 Å². The molecular formula is C26H25N3O4. The second-order valence-electron chi connectivity index (χ2n) is 8.13. The minimum Gasteiger partial charge on any atom is -0.508 e. The molecule has 0 spiro atoms. The fourth-order valence-electron chi connectivity index (χ4n) is 3.92. The Morgan fingerprint density at radius 2 is 1.82 bits per heavy atom. The summed E-state index contributed by atoms with van der Waals surface area (Å²) in [6.45, 7) is 0.600. The Morgan fingerprint density at radius 3 is 2.48 bits per heavy atom. The molecule has 1 heterocycles. The number of nitrogens with one attached hydrogen (secondary N) is 1. The van der Waals surface area contributed by atoms with Gasteiger partial charge in [0.15, 0.2) is 0 Å². The monoisotopic (exact) mass is 443 g/mol. The van der Waals surface area contributed by atoms with Crippen LogP contribution in [0.5, 0.6) is 5.75 Å². The number of hydrogen-bond acceptors (Lipinski definition) is 6. The van der Waals surface area contributed by atoms with Crippen LogP contribution in [0.1, 0.15) is 33.0 Å². The Bertz CT molecular complexity index is 1240. The molecule has 7 heteroatoms. The minimum atomic E-state index is -0.669. The number of carbonyl (C=O) groups is 2. The highest BCUT2D eigenvalue weighted by atomic mass is 16.5. The molecule has 1 aliphatic rings. The predicted octanol–water partition coefficient (Wildman–Crippen LogP) is 4.10. The molecule has 3 aromatic carbocycles. The van der Waals surface area contributed by atoms with Crippen molar-refractivity contribution in [1.82, 2.24) is 4.90 Å². The summed E-state index contributed by atoms with van der Waals surface area (Å²) in [7, 11) is 5.18. The average molecular weight is 444 g/mol. The molecule has 168 valence electrons. The summed E-state index contributed by atoms with van der Waals surface area (Å²) in [4.78, 5) is 31.8. The van der Waals surface area contributed by atoms with Crippen molar-refractivity contribution in [3.63, 3.8) is 0 Å². The third-order valence-electron chi connectivity index (χ3n) is 5.45. The standard InChI is InChI=1S/C26H25N3O4/c1-29(2)15-18-9-11-19(14-22(18)30)27-24(16-7-5-4-6-8-16)23-20-12-10-17(26(32)33-3)13-21(20)28-25(23)31/h4-14,23,30H,15H2,1-3H3,(H,28,31). The number of aliphatic imine (C=N–C) groups is 1. The number of carbonyl (C=O) groups excluding carboxylic acids is 2. The second-order valence-corrected chi connectivity index (χ2v) is 8.13. The summed E-state index contributed by atoms with van der Waals surface area (Å²) in [5.74, 6) is -1.22. The molecule has 3 aromatic rings. The number of esters is 1. The number of fused-ring (bicyclic) bond motifs is 1. The third kappa shape index (κ3) is 4.63. The highest BCUT2D eigenvalue weighted by molar-refractivity contribution is 6.24. The van der Waals surface area contributed by atoms with Crippen LogP contribution in [0.25, 0.3) is 0 Å². The predicted molar refractivity (Wildman–Crippen MR) is 127 cm³/mol. The Hall–Kier alpha value is -3.97. The summed E-state index contributed by atoms with van der Waals surface area (Å²) in [5.41, 5.74) is 4.32. The first-order valence-electron chi connectivity index (χ1n) is 10.5. The van der Waals surface area contributed by atoms with Crippen LogP contribution in [-0.4, -0.2) is 48.8 Å². The van der Waals surface area contributed by atoms with Crippen LogP contribution in [0.3, 0.4) is 0 Å². The van der Waals surface area contributed by atoms with Gasteiger partial charge in [-0.05, 0) is 43.4 Å². The zero-order valence-corrected chi connectivity index (χ0v) is 18.7. The molecule has 1 aliphatic heterocycles. The van der Waals surface area contributed by atoms with Crippen molar-refractivity contribution in [1.29, 1.82) is 0 Å². The first-order valence-corrected chi connectivity index (χ1v) is 10.5. The molecule has 0 bridgehead atoms. The van der Waals surface area contributed by atoms with E-state index < -0.39 is 11.9 Å². The summed E-state index contributed by atoms with van der Waals surface area (Å²) in [5, 5.41) is 13.3. The highest BCUT2D eigenvalue weighted by Crippen LogP contribution is 2.37. The Kier molecular flexibility index (Phi) is 6.24. The normalized spacial score (nSPS) is 15.3. The van der Waals surface area contributed by atoms with Crippen LogP contribution in [0.2, 0.25) is 0 Å². The van der Waals surface area contributed by atoms with E-state index in [-0.39, 0.29) is 11.7 Å². The van der Waals surface area contributed by atoms with E-state index >= 15 is 0 Å². The van der Waals surface area contributed by atoms with Crippen LogP contribution in [0, 0.1) is 0 Å². The number of anilines is 1. The third-order valence-corrected chi connectivity index (χ3v) is 5.45. The fourth-order valence-corrected chi connectivity index (χ4v) is 3.92. The number of methoxy groups -OCH3 is 1. The van der Waals surface area contributed by atoms with E-state index in [9.17, 15) is 14.7 Å². The number of ether oxygens (including phenoxy) is 1. The highest BCUT2D eigenvalue weighted by Gasteiger charge is 2.36. The molecule has 0 saturated carbocycles. The minimum absolute atomic E-state index is 0.149. The van der Waals surface area contributed by atoms with Gasteiger partial charge >= 0.3 is 5.97 Å². The molecular weight excluding hydrogens is 418 g/mol. The summed E-state index contributed by atoms with van der Waals surface area (Å²) < 4.78 is 4.79. The van der Waals surface area contributed by atoms with Gasteiger partial charge in [0.05, 0.1) is 24.1 Å². The molecule has 0 fully saturated rings. The summed E-state index contributed by atoms with van der Waals surface area (Å²) in [6.07, 6.45) is 0. The van der Waals surface area contributed by atoms with Gasteiger partial charge in [0.25, 0.3) is 0 Å². The van der Waals surface area contributed by atoms with E-state index in [4.69, 9.17) is 9.73 Å². The zero-order chi connectivity index (χ0) is 23.5. The Balaban J connectivity index is 1.80. The van der Waals surface area contributed by atoms with E-state index in [0.29, 0.717) is 29.2 Å². The summed E-state index contributed by atoms with van der Waals surface area (Å²) in [6, 6.07) is 19.7. The lowest BCUT2D eigenvalue weighted by molar-refractivity contribution is -0.115. The molecule has 1 unspecified atom stereocenters. The number of hydrogen-bond donors (Lipinski definition) is 2. The molecule has 7 nitrogen and oxygen atoms in total. The van der Waals surface area contributed by atoms with Crippen molar-refractivity contribution in [2.45, 2.75) is 12.5 Å². The van der Waals surface area contributed by atoms with Crippen molar-refractivity contribution in [3.8, 4) is 5.75 Å². The van der Waals surface area contributed by atoms with Gasteiger partial charge < -0.3 is 20.1 Å². The van der Waals surface area contributed by atoms with Crippen molar-refractivity contribution < 1.29 is 19.4 Å². The zero-order valence-electron chi connectivity index (χ0n) is 18.7. The molecule has 1 atom stereocenters. The average Bonchev–Trinajstić information content (AvgIpc) is 3.13. The molecule has 0 radical (unpaired) electrons. The number of amides is 1. The lowest BCUT2D eigenvalue weighted by Crippen LogP contribution is -2.21. The molecule has 33 heavy (non-hydrogen) atoms. The van der Waals surface area contributed by atoms with E-state index in [1.807, 2.05) is 61.5 Å². The van der Waals surface area contributed by atoms with Gasteiger partial charge in [-0.3, -0.25) is 9.79 Å².